The van der Waals surface area contributed by atoms with Crippen molar-refractivity contribution in [2.24, 2.45) is 0 Å². The van der Waals surface area contributed by atoms with Crippen LogP contribution in [0.1, 0.15) is 35.8 Å². The van der Waals surface area contributed by atoms with Crippen molar-refractivity contribution in [2.45, 2.75) is 36.9 Å². The van der Waals surface area contributed by atoms with Crippen molar-refractivity contribution in [3.05, 3.63) is 35.4 Å². The predicted molar refractivity (Wildman–Crippen MR) is 49.8 cm³/mol. The van der Waals surface area contributed by atoms with E-state index in [1.165, 1.54) is 12.8 Å². The summed E-state index contributed by atoms with van der Waals surface area (Å²) in [4.78, 5) is 0. The average Bonchev–Trinajstić information content (AvgIpc) is 2.98. The molecule has 1 saturated carbocycles. The molecule has 2 fully saturated rings. The molecular weight excluding hydrogens is 160 g/mol. The van der Waals surface area contributed by atoms with Gasteiger partial charge >= 0.3 is 0 Å². The molecule has 1 aromatic rings. The van der Waals surface area contributed by atoms with Gasteiger partial charge in [-0.05, 0) is 24.0 Å². The molecule has 0 spiro atoms. The monoisotopic (exact) mass is 172 g/mol. The maximum Gasteiger partial charge on any atom is 0.0916 e. The average molecular weight is 172 g/mol. The van der Waals surface area contributed by atoms with E-state index in [0.29, 0.717) is 12.2 Å². The number of fused-ring (bicyclic) bond motifs is 1. The van der Waals surface area contributed by atoms with E-state index in [9.17, 15) is 0 Å². The first-order valence-electron chi connectivity index (χ1n) is 5.19. The molecule has 1 heterocycles. The highest BCUT2D eigenvalue weighted by atomic mass is 16.6. The fraction of sp³-hybridized carbons (Fsp3) is 0.500. The van der Waals surface area contributed by atoms with Gasteiger partial charge in [-0.3, -0.25) is 0 Å². The van der Waals surface area contributed by atoms with Crippen LogP contribution < -0.4 is 0 Å². The van der Waals surface area contributed by atoms with E-state index in [2.05, 4.69) is 24.3 Å². The Kier molecular flexibility index (Phi) is 1.01. The number of rotatable bonds is 0. The van der Waals surface area contributed by atoms with E-state index in [1.54, 1.807) is 11.1 Å². The second kappa shape index (κ2) is 1.98. The van der Waals surface area contributed by atoms with Crippen molar-refractivity contribution in [2.75, 3.05) is 0 Å². The second-order valence-corrected chi connectivity index (χ2v) is 4.48. The lowest BCUT2D eigenvalue weighted by Crippen LogP contribution is -2.29. The molecule has 1 heteroatoms. The summed E-state index contributed by atoms with van der Waals surface area (Å²) in [6.45, 7) is 0. The summed E-state index contributed by atoms with van der Waals surface area (Å²) < 4.78 is 5.75. The van der Waals surface area contributed by atoms with Crippen LogP contribution in [-0.4, -0.2) is 12.2 Å². The number of ether oxygens (including phenoxy) is 1. The van der Waals surface area contributed by atoms with E-state index in [4.69, 9.17) is 4.74 Å². The Labute approximate surface area is 77.7 Å². The zero-order valence-electron chi connectivity index (χ0n) is 7.44. The van der Waals surface area contributed by atoms with Crippen molar-refractivity contribution in [1.82, 2.24) is 0 Å². The van der Waals surface area contributed by atoms with E-state index in [0.717, 1.165) is 11.8 Å². The topological polar surface area (TPSA) is 12.5 Å². The fourth-order valence-electron chi connectivity index (χ4n) is 3.32. The highest BCUT2D eigenvalue weighted by molar-refractivity contribution is 5.43. The molecule has 4 atom stereocenters. The van der Waals surface area contributed by atoms with Crippen LogP contribution in [0, 0.1) is 0 Å². The van der Waals surface area contributed by atoms with E-state index in [1.807, 2.05) is 0 Å². The van der Waals surface area contributed by atoms with Crippen LogP contribution in [0.15, 0.2) is 24.3 Å². The zero-order valence-corrected chi connectivity index (χ0v) is 7.44. The Hall–Kier alpha value is -0.820. The molecular formula is C12H12O. The van der Waals surface area contributed by atoms with Gasteiger partial charge < -0.3 is 4.74 Å². The summed E-state index contributed by atoms with van der Waals surface area (Å²) in [7, 11) is 0. The van der Waals surface area contributed by atoms with Gasteiger partial charge in [0.15, 0.2) is 0 Å². The number of hydrogen-bond acceptors (Lipinski definition) is 1. The Morgan fingerprint density at radius 1 is 0.923 bits per heavy atom. The van der Waals surface area contributed by atoms with Gasteiger partial charge in [-0.15, -0.1) is 0 Å². The van der Waals surface area contributed by atoms with Crippen molar-refractivity contribution in [3.63, 3.8) is 0 Å². The molecule has 1 saturated heterocycles. The summed E-state index contributed by atoms with van der Waals surface area (Å²) >= 11 is 0. The van der Waals surface area contributed by atoms with Crippen molar-refractivity contribution < 1.29 is 4.74 Å². The Balaban J connectivity index is 1.98. The van der Waals surface area contributed by atoms with Gasteiger partial charge in [0.25, 0.3) is 0 Å². The van der Waals surface area contributed by atoms with E-state index >= 15 is 0 Å². The smallest absolute Gasteiger partial charge is 0.0916 e. The fourth-order valence-corrected chi connectivity index (χ4v) is 3.32. The molecule has 1 aromatic carbocycles. The van der Waals surface area contributed by atoms with Crippen LogP contribution in [-0.2, 0) is 4.74 Å². The first-order chi connectivity index (χ1) is 6.45. The number of hydrogen-bond donors (Lipinski definition) is 0. The highest BCUT2D eigenvalue weighted by Crippen LogP contribution is 2.58. The zero-order chi connectivity index (χ0) is 8.41. The van der Waals surface area contributed by atoms with Crippen LogP contribution in [0.4, 0.5) is 0 Å². The Morgan fingerprint density at radius 2 is 1.46 bits per heavy atom. The van der Waals surface area contributed by atoms with Gasteiger partial charge in [-0.25, -0.2) is 0 Å². The third-order valence-corrected chi connectivity index (χ3v) is 3.94. The predicted octanol–water partition coefficient (Wildman–Crippen LogP) is 2.43. The quantitative estimate of drug-likeness (QED) is 0.547. The largest absolute Gasteiger partial charge is 0.368 e. The molecule has 0 N–H and O–H groups in total. The summed E-state index contributed by atoms with van der Waals surface area (Å²) in [5.74, 6) is 1.46. The minimum atomic E-state index is 0.591. The SMILES string of the molecule is c1ccc2c(c1)C1CCC2[C@@H]2O[C@H]12. The minimum Gasteiger partial charge on any atom is -0.368 e. The molecule has 4 aliphatic rings. The van der Waals surface area contributed by atoms with Gasteiger partial charge in [-0.1, -0.05) is 24.3 Å². The molecule has 3 aliphatic carbocycles. The van der Waals surface area contributed by atoms with Crippen molar-refractivity contribution in [1.29, 1.82) is 0 Å². The van der Waals surface area contributed by atoms with Crippen LogP contribution in [0.25, 0.3) is 0 Å². The number of benzene rings is 1. The first kappa shape index (κ1) is 6.61. The normalized spacial score (nSPS) is 44.0. The molecule has 2 bridgehead atoms. The second-order valence-electron chi connectivity index (χ2n) is 4.48. The van der Waals surface area contributed by atoms with Gasteiger partial charge in [0.2, 0.25) is 0 Å². The lowest BCUT2D eigenvalue weighted by atomic mass is 9.67. The van der Waals surface area contributed by atoms with Crippen molar-refractivity contribution >= 4 is 0 Å². The summed E-state index contributed by atoms with van der Waals surface area (Å²) in [5, 5.41) is 0. The molecule has 66 valence electrons. The van der Waals surface area contributed by atoms with E-state index < -0.39 is 0 Å². The molecule has 0 radical (unpaired) electrons. The summed E-state index contributed by atoms with van der Waals surface area (Å²) in [6, 6.07) is 8.92. The highest BCUT2D eigenvalue weighted by Gasteiger charge is 2.57. The maximum absolute atomic E-state index is 5.75. The maximum atomic E-state index is 5.75. The lowest BCUT2D eigenvalue weighted by molar-refractivity contribution is 0.361. The first-order valence-corrected chi connectivity index (χ1v) is 5.19. The molecule has 5 rings (SSSR count). The Morgan fingerprint density at radius 3 is 2.00 bits per heavy atom. The van der Waals surface area contributed by atoms with Crippen LogP contribution in [0.5, 0.6) is 0 Å². The van der Waals surface area contributed by atoms with Crippen molar-refractivity contribution in [3.8, 4) is 0 Å². The standard InChI is InChI=1S/C12H12O/c1-2-4-8-7(3-1)9-5-6-10(8)12-11(9)13-12/h1-4,9-12H,5-6H2/t9?,10?,11-,12+. The summed E-state index contributed by atoms with van der Waals surface area (Å²) in [6.07, 6.45) is 3.88. The molecule has 13 heavy (non-hydrogen) atoms. The molecule has 1 aliphatic heterocycles. The number of epoxide rings is 1. The van der Waals surface area contributed by atoms with Crippen LogP contribution in [0.2, 0.25) is 0 Å². The van der Waals surface area contributed by atoms with Gasteiger partial charge in [0.05, 0.1) is 12.2 Å². The van der Waals surface area contributed by atoms with E-state index in [-0.39, 0.29) is 0 Å². The van der Waals surface area contributed by atoms with Gasteiger partial charge in [0.1, 0.15) is 0 Å². The third kappa shape index (κ3) is 0.682. The molecule has 0 amide bonds. The third-order valence-electron chi connectivity index (χ3n) is 3.94. The van der Waals surface area contributed by atoms with Crippen LogP contribution in [0.3, 0.4) is 0 Å². The van der Waals surface area contributed by atoms with Crippen LogP contribution >= 0.6 is 0 Å². The minimum absolute atomic E-state index is 0.591. The van der Waals surface area contributed by atoms with Gasteiger partial charge in [-0.2, -0.15) is 0 Å². The summed E-state index contributed by atoms with van der Waals surface area (Å²) in [5.41, 5.74) is 3.16. The molecule has 1 nitrogen and oxygen atoms in total. The molecule has 0 aromatic heterocycles. The molecule has 2 unspecified atom stereocenters. The lowest BCUT2D eigenvalue weighted by Gasteiger charge is -2.34. The Bertz CT molecular complexity index is 336. The van der Waals surface area contributed by atoms with Gasteiger partial charge in [0, 0.05) is 11.8 Å².